The van der Waals surface area contributed by atoms with Gasteiger partial charge in [-0.15, -0.1) is 0 Å². The summed E-state index contributed by atoms with van der Waals surface area (Å²) in [6.07, 6.45) is 6.23. The second kappa shape index (κ2) is 10.1. The van der Waals surface area contributed by atoms with Crippen molar-refractivity contribution in [3.05, 3.63) is 83.4 Å². The zero-order chi connectivity index (χ0) is 23.5. The Hall–Kier alpha value is -2.98. The monoisotopic (exact) mass is 454 g/mol. The van der Waals surface area contributed by atoms with Gasteiger partial charge in [-0.25, -0.2) is 0 Å². The molecule has 34 heavy (non-hydrogen) atoms. The summed E-state index contributed by atoms with van der Waals surface area (Å²) in [6, 6.07) is 23.3. The van der Waals surface area contributed by atoms with E-state index in [2.05, 4.69) is 61.5 Å². The first-order valence-corrected chi connectivity index (χ1v) is 12.7. The molecule has 4 heteroatoms. The molecule has 176 valence electrons. The van der Waals surface area contributed by atoms with E-state index in [4.69, 9.17) is 4.99 Å². The molecule has 0 bridgehead atoms. The van der Waals surface area contributed by atoms with E-state index in [0.717, 1.165) is 50.6 Å². The highest BCUT2D eigenvalue weighted by atomic mass is 16.3. The quantitative estimate of drug-likeness (QED) is 0.492. The van der Waals surface area contributed by atoms with Crippen molar-refractivity contribution in [1.29, 1.82) is 0 Å². The first kappa shape index (κ1) is 22.8. The summed E-state index contributed by atoms with van der Waals surface area (Å²) in [5, 5.41) is 12.1. The molecule has 1 heterocycles. The molecule has 3 atom stereocenters. The maximum atomic E-state index is 12.9. The molecule has 1 amide bonds. The summed E-state index contributed by atoms with van der Waals surface area (Å²) in [4.78, 5) is 19.9. The van der Waals surface area contributed by atoms with Crippen molar-refractivity contribution < 1.29 is 9.90 Å². The van der Waals surface area contributed by atoms with Crippen LogP contribution >= 0.6 is 0 Å². The molecule has 5 rings (SSSR count). The smallest absolute Gasteiger partial charge is 0.254 e. The lowest BCUT2D eigenvalue weighted by atomic mass is 9.82. The van der Waals surface area contributed by atoms with Gasteiger partial charge in [-0.2, -0.15) is 0 Å². The molecule has 3 aromatic rings. The van der Waals surface area contributed by atoms with Gasteiger partial charge in [0, 0.05) is 17.8 Å². The number of nitrogens with zero attached hydrogens (tertiary/aromatic N) is 2. The molecular formula is C30H34N2O2. The molecule has 3 aromatic carbocycles. The summed E-state index contributed by atoms with van der Waals surface area (Å²) in [7, 11) is 0. The normalized spacial score (nSPS) is 22.9. The van der Waals surface area contributed by atoms with Crippen molar-refractivity contribution in [2.24, 2.45) is 4.99 Å². The second-order valence-electron chi connectivity index (χ2n) is 9.83. The van der Waals surface area contributed by atoms with E-state index in [9.17, 15) is 9.90 Å². The highest BCUT2D eigenvalue weighted by Gasteiger charge is 2.29. The minimum Gasteiger partial charge on any atom is -0.394 e. The van der Waals surface area contributed by atoms with Crippen molar-refractivity contribution in [2.45, 2.75) is 63.5 Å². The van der Waals surface area contributed by atoms with Crippen LogP contribution in [0.25, 0.3) is 10.8 Å². The van der Waals surface area contributed by atoms with Gasteiger partial charge in [-0.3, -0.25) is 9.79 Å². The van der Waals surface area contributed by atoms with Gasteiger partial charge in [0.25, 0.3) is 5.91 Å². The Labute approximate surface area is 202 Å². The SMILES string of the molecule is C[C@@H](N=C1CCCC(c2ccc(C(=O)N3CCC[C@H]3CO)cc2)C1)c1cccc2ccccc12. The van der Waals surface area contributed by atoms with Gasteiger partial charge in [0.05, 0.1) is 18.7 Å². The van der Waals surface area contributed by atoms with Crippen molar-refractivity contribution in [2.75, 3.05) is 13.2 Å². The summed E-state index contributed by atoms with van der Waals surface area (Å²) in [6.45, 7) is 2.99. The molecule has 1 aliphatic heterocycles. The Bertz CT molecular complexity index is 1180. The number of likely N-dealkylation sites (tertiary alicyclic amines) is 1. The van der Waals surface area contributed by atoms with Crippen LogP contribution in [-0.4, -0.2) is 40.8 Å². The van der Waals surface area contributed by atoms with E-state index >= 15 is 0 Å². The molecule has 4 nitrogen and oxygen atoms in total. The van der Waals surface area contributed by atoms with Crippen molar-refractivity contribution >= 4 is 22.4 Å². The van der Waals surface area contributed by atoms with Crippen molar-refractivity contribution in [1.82, 2.24) is 4.90 Å². The Morgan fingerprint density at radius 1 is 1.03 bits per heavy atom. The lowest BCUT2D eigenvalue weighted by Crippen LogP contribution is -2.37. The Morgan fingerprint density at radius 3 is 2.65 bits per heavy atom. The Morgan fingerprint density at radius 2 is 1.82 bits per heavy atom. The van der Waals surface area contributed by atoms with Crippen LogP contribution in [0.3, 0.4) is 0 Å². The number of aliphatic imine (C=N–C) groups is 1. The van der Waals surface area contributed by atoms with Crippen LogP contribution < -0.4 is 0 Å². The zero-order valence-corrected chi connectivity index (χ0v) is 20.0. The number of carbonyl (C=O) groups excluding carboxylic acids is 1. The molecule has 0 radical (unpaired) electrons. The molecule has 0 spiro atoms. The highest BCUT2D eigenvalue weighted by molar-refractivity contribution is 5.94. The third-order valence-corrected chi connectivity index (χ3v) is 7.63. The van der Waals surface area contributed by atoms with E-state index in [1.165, 1.54) is 27.6 Å². The predicted molar refractivity (Wildman–Crippen MR) is 139 cm³/mol. The number of fused-ring (bicyclic) bond motifs is 1. The topological polar surface area (TPSA) is 52.9 Å². The first-order chi connectivity index (χ1) is 16.6. The molecule has 1 saturated heterocycles. The fourth-order valence-corrected chi connectivity index (χ4v) is 5.76. The average molecular weight is 455 g/mol. The third kappa shape index (κ3) is 4.65. The molecular weight excluding hydrogens is 420 g/mol. The maximum absolute atomic E-state index is 12.9. The Kier molecular flexibility index (Phi) is 6.77. The fourth-order valence-electron chi connectivity index (χ4n) is 5.76. The number of amides is 1. The van der Waals surface area contributed by atoms with E-state index in [1.54, 1.807) is 0 Å². The van der Waals surface area contributed by atoms with Gasteiger partial charge < -0.3 is 10.0 Å². The van der Waals surface area contributed by atoms with Gasteiger partial charge in [-0.05, 0) is 85.4 Å². The summed E-state index contributed by atoms with van der Waals surface area (Å²) in [5.74, 6) is 0.492. The number of aliphatic hydroxyl groups is 1. The van der Waals surface area contributed by atoms with E-state index in [0.29, 0.717) is 5.92 Å². The highest BCUT2D eigenvalue weighted by Crippen LogP contribution is 2.34. The van der Waals surface area contributed by atoms with Crippen molar-refractivity contribution in [3.63, 3.8) is 0 Å². The summed E-state index contributed by atoms with van der Waals surface area (Å²) < 4.78 is 0. The average Bonchev–Trinajstić information content (AvgIpc) is 3.37. The van der Waals surface area contributed by atoms with Crippen LogP contribution in [0.4, 0.5) is 0 Å². The zero-order valence-electron chi connectivity index (χ0n) is 20.0. The van der Waals surface area contributed by atoms with Gasteiger partial charge in [0.1, 0.15) is 0 Å². The van der Waals surface area contributed by atoms with Crippen LogP contribution in [0.15, 0.2) is 71.7 Å². The van der Waals surface area contributed by atoms with E-state index in [1.807, 2.05) is 17.0 Å². The first-order valence-electron chi connectivity index (χ1n) is 12.7. The maximum Gasteiger partial charge on any atom is 0.254 e. The molecule has 0 aromatic heterocycles. The lowest BCUT2D eigenvalue weighted by molar-refractivity contribution is 0.0677. The largest absolute Gasteiger partial charge is 0.394 e. The van der Waals surface area contributed by atoms with Crippen LogP contribution in [0.5, 0.6) is 0 Å². The minimum atomic E-state index is -0.0342. The fraction of sp³-hybridized carbons (Fsp3) is 0.400. The number of benzene rings is 3. The molecule has 2 fully saturated rings. The van der Waals surface area contributed by atoms with Gasteiger partial charge >= 0.3 is 0 Å². The Balaban J connectivity index is 1.29. The minimum absolute atomic E-state index is 0.0342. The molecule has 1 N–H and O–H groups in total. The van der Waals surface area contributed by atoms with Crippen LogP contribution in [0.2, 0.25) is 0 Å². The van der Waals surface area contributed by atoms with Gasteiger partial charge in [0.15, 0.2) is 0 Å². The van der Waals surface area contributed by atoms with Gasteiger partial charge in [0.2, 0.25) is 0 Å². The van der Waals surface area contributed by atoms with Crippen LogP contribution in [0.1, 0.15) is 78.9 Å². The summed E-state index contributed by atoms with van der Waals surface area (Å²) in [5.41, 5.74) is 4.61. The lowest BCUT2D eigenvalue weighted by Gasteiger charge is -2.26. The molecule has 1 saturated carbocycles. The van der Waals surface area contributed by atoms with Crippen LogP contribution in [-0.2, 0) is 0 Å². The van der Waals surface area contributed by atoms with E-state index < -0.39 is 0 Å². The molecule has 1 aliphatic carbocycles. The standard InChI is InChI=1S/C30H34N2O2/c1-21(28-13-5-8-23-7-2-3-12-29(23)28)31-26-10-4-9-25(19-26)22-14-16-24(17-15-22)30(34)32-18-6-11-27(32)20-33/h2-3,5,7-8,12-17,21,25,27,33H,4,6,9-11,18-20H2,1H3/t21-,25?,27+/m1/s1. The molecule has 1 unspecified atom stereocenters. The number of rotatable bonds is 5. The number of hydrogen-bond acceptors (Lipinski definition) is 3. The molecule has 2 aliphatic rings. The van der Waals surface area contributed by atoms with E-state index in [-0.39, 0.29) is 24.6 Å². The second-order valence-corrected chi connectivity index (χ2v) is 9.83. The van der Waals surface area contributed by atoms with Gasteiger partial charge in [-0.1, -0.05) is 54.6 Å². The third-order valence-electron chi connectivity index (χ3n) is 7.63. The van der Waals surface area contributed by atoms with Crippen LogP contribution in [0, 0.1) is 0 Å². The number of carbonyl (C=O) groups is 1. The predicted octanol–water partition coefficient (Wildman–Crippen LogP) is 6.30. The van der Waals surface area contributed by atoms with Crippen molar-refractivity contribution in [3.8, 4) is 0 Å². The number of aliphatic hydroxyl groups excluding tert-OH is 1. The number of hydrogen-bond donors (Lipinski definition) is 1. The summed E-state index contributed by atoms with van der Waals surface area (Å²) >= 11 is 0.